The second-order valence-electron chi connectivity index (χ2n) is 5.80. The van der Waals surface area contributed by atoms with Gasteiger partial charge in [-0.1, -0.05) is 0 Å². The van der Waals surface area contributed by atoms with Crippen LogP contribution in [-0.4, -0.2) is 84.6 Å². The first-order valence-corrected chi connectivity index (χ1v) is 7.46. The van der Waals surface area contributed by atoms with E-state index in [1.165, 1.54) is 17.2 Å². The van der Waals surface area contributed by atoms with Crippen LogP contribution in [0.2, 0.25) is 0 Å². The fourth-order valence-electron chi connectivity index (χ4n) is 2.47. The van der Waals surface area contributed by atoms with E-state index in [0.29, 0.717) is 17.0 Å². The fraction of sp³-hybridized carbons (Fsp3) is 0.571. The van der Waals surface area contributed by atoms with Crippen molar-refractivity contribution in [1.29, 1.82) is 0 Å². The van der Waals surface area contributed by atoms with Crippen molar-refractivity contribution >= 4 is 22.8 Å². The van der Waals surface area contributed by atoms with Gasteiger partial charge in [0.2, 0.25) is 0 Å². The standard InChI is InChI=1S/C14H20N6O4/c1-7(19(2)3)18-12-9-13(16-5-15-12)20(6-17-9)14-11(23)10(22)8(4-21)24-14/h5-6,8,10-11,14,21-23H,4H2,1-3H3/t8-,10-,11+,14-/m1/s1. The Hall–Kier alpha value is -2.14. The molecule has 4 atom stereocenters. The van der Waals surface area contributed by atoms with Crippen molar-refractivity contribution in [1.82, 2.24) is 24.4 Å². The molecule has 1 aliphatic rings. The number of aromatic nitrogens is 4. The van der Waals surface area contributed by atoms with Gasteiger partial charge in [0, 0.05) is 14.1 Å². The second kappa shape index (κ2) is 6.40. The molecule has 0 bridgehead atoms. The molecule has 1 fully saturated rings. The number of aliphatic imine (C=N–C) groups is 1. The zero-order chi connectivity index (χ0) is 17.4. The monoisotopic (exact) mass is 336 g/mol. The number of fused-ring (bicyclic) bond motifs is 1. The minimum Gasteiger partial charge on any atom is -0.394 e. The van der Waals surface area contributed by atoms with Crippen LogP contribution in [0.4, 0.5) is 5.82 Å². The summed E-state index contributed by atoms with van der Waals surface area (Å²) in [5.41, 5.74) is 0.876. The van der Waals surface area contributed by atoms with Gasteiger partial charge in [0.25, 0.3) is 0 Å². The minimum absolute atomic E-state index is 0.395. The van der Waals surface area contributed by atoms with Gasteiger partial charge in [0.15, 0.2) is 23.2 Å². The van der Waals surface area contributed by atoms with E-state index in [0.717, 1.165) is 5.84 Å². The van der Waals surface area contributed by atoms with Crippen LogP contribution in [0, 0.1) is 0 Å². The van der Waals surface area contributed by atoms with Gasteiger partial charge in [-0.15, -0.1) is 0 Å². The molecule has 3 heterocycles. The molecule has 10 nitrogen and oxygen atoms in total. The normalized spacial score (nSPS) is 27.8. The topological polar surface area (TPSA) is 129 Å². The number of imidazole rings is 1. The lowest BCUT2D eigenvalue weighted by Crippen LogP contribution is -2.33. The predicted molar refractivity (Wildman–Crippen MR) is 84.8 cm³/mol. The highest BCUT2D eigenvalue weighted by Gasteiger charge is 2.44. The van der Waals surface area contributed by atoms with Crippen LogP contribution in [0.25, 0.3) is 11.2 Å². The molecule has 0 aromatic carbocycles. The number of rotatable bonds is 3. The maximum atomic E-state index is 10.2. The number of aliphatic hydroxyl groups is 3. The first-order valence-electron chi connectivity index (χ1n) is 7.46. The summed E-state index contributed by atoms with van der Waals surface area (Å²) in [5, 5.41) is 29.3. The summed E-state index contributed by atoms with van der Waals surface area (Å²) in [5.74, 6) is 1.15. The highest BCUT2D eigenvalue weighted by molar-refractivity contribution is 5.88. The minimum atomic E-state index is -1.20. The number of aliphatic hydroxyl groups excluding tert-OH is 3. The van der Waals surface area contributed by atoms with Gasteiger partial charge in [-0.05, 0) is 6.92 Å². The zero-order valence-corrected chi connectivity index (χ0v) is 13.6. The van der Waals surface area contributed by atoms with Gasteiger partial charge in [-0.25, -0.2) is 19.9 Å². The van der Waals surface area contributed by atoms with E-state index in [9.17, 15) is 15.3 Å². The SMILES string of the molecule is CC(=Nc1ncnc2c1ncn2[C@@H]1O[C@H](CO)[C@@H](O)[C@@H]1O)N(C)C. The van der Waals surface area contributed by atoms with Gasteiger partial charge >= 0.3 is 0 Å². The van der Waals surface area contributed by atoms with E-state index >= 15 is 0 Å². The number of hydrogen-bond donors (Lipinski definition) is 3. The Kier molecular flexibility index (Phi) is 4.45. The summed E-state index contributed by atoms with van der Waals surface area (Å²) < 4.78 is 7.02. The molecule has 0 saturated carbocycles. The first kappa shape index (κ1) is 16.7. The number of ether oxygens (including phenoxy) is 1. The molecule has 0 aliphatic carbocycles. The summed E-state index contributed by atoms with van der Waals surface area (Å²) in [6, 6.07) is 0. The molecule has 0 amide bonds. The van der Waals surface area contributed by atoms with Crippen molar-refractivity contribution in [3.05, 3.63) is 12.7 Å². The lowest BCUT2D eigenvalue weighted by Gasteiger charge is -2.16. The van der Waals surface area contributed by atoms with Crippen molar-refractivity contribution in [3.63, 3.8) is 0 Å². The molecule has 0 spiro atoms. The Morgan fingerprint density at radius 3 is 2.67 bits per heavy atom. The van der Waals surface area contributed by atoms with E-state index in [4.69, 9.17) is 4.74 Å². The van der Waals surface area contributed by atoms with Crippen LogP contribution < -0.4 is 0 Å². The van der Waals surface area contributed by atoms with E-state index in [1.54, 1.807) is 0 Å². The highest BCUT2D eigenvalue weighted by atomic mass is 16.6. The summed E-state index contributed by atoms with van der Waals surface area (Å²) in [4.78, 5) is 18.8. The smallest absolute Gasteiger partial charge is 0.185 e. The molecule has 0 radical (unpaired) electrons. The summed E-state index contributed by atoms with van der Waals surface area (Å²) >= 11 is 0. The third-order valence-electron chi connectivity index (χ3n) is 4.05. The fourth-order valence-corrected chi connectivity index (χ4v) is 2.47. The van der Waals surface area contributed by atoms with Crippen LogP contribution in [0.1, 0.15) is 13.2 Å². The van der Waals surface area contributed by atoms with Crippen molar-refractivity contribution in [3.8, 4) is 0 Å². The van der Waals surface area contributed by atoms with Crippen LogP contribution in [0.15, 0.2) is 17.6 Å². The third-order valence-corrected chi connectivity index (χ3v) is 4.05. The molecular weight excluding hydrogens is 316 g/mol. The molecule has 24 heavy (non-hydrogen) atoms. The van der Waals surface area contributed by atoms with Crippen molar-refractivity contribution in [2.75, 3.05) is 20.7 Å². The second-order valence-corrected chi connectivity index (χ2v) is 5.80. The first-order chi connectivity index (χ1) is 11.4. The largest absolute Gasteiger partial charge is 0.394 e. The number of nitrogens with zero attached hydrogens (tertiary/aromatic N) is 6. The maximum absolute atomic E-state index is 10.2. The van der Waals surface area contributed by atoms with E-state index in [-0.39, 0.29) is 0 Å². The Morgan fingerprint density at radius 1 is 1.29 bits per heavy atom. The van der Waals surface area contributed by atoms with Gasteiger partial charge in [0.1, 0.15) is 30.5 Å². The number of amidine groups is 1. The Labute approximate surface area is 138 Å². The summed E-state index contributed by atoms with van der Waals surface area (Å²) in [7, 11) is 3.74. The quantitative estimate of drug-likeness (QED) is 0.483. The van der Waals surface area contributed by atoms with E-state index < -0.39 is 31.1 Å². The molecule has 2 aromatic heterocycles. The van der Waals surface area contributed by atoms with E-state index in [1.807, 2.05) is 25.9 Å². The Balaban J connectivity index is 2.02. The van der Waals surface area contributed by atoms with Crippen LogP contribution in [0.5, 0.6) is 0 Å². The lowest BCUT2D eigenvalue weighted by atomic mass is 10.1. The molecule has 3 rings (SSSR count). The molecule has 10 heteroatoms. The third kappa shape index (κ3) is 2.73. The summed E-state index contributed by atoms with van der Waals surface area (Å²) in [6.07, 6.45) is -1.35. The predicted octanol–water partition coefficient (Wildman–Crippen LogP) is -0.951. The van der Waals surface area contributed by atoms with Crippen molar-refractivity contribution in [2.45, 2.75) is 31.5 Å². The zero-order valence-electron chi connectivity index (χ0n) is 13.6. The van der Waals surface area contributed by atoms with Crippen LogP contribution >= 0.6 is 0 Å². The molecule has 1 saturated heterocycles. The van der Waals surface area contributed by atoms with Crippen LogP contribution in [0.3, 0.4) is 0 Å². The number of hydrogen-bond acceptors (Lipinski definition) is 8. The van der Waals surface area contributed by atoms with Gasteiger partial charge in [-0.2, -0.15) is 0 Å². The van der Waals surface area contributed by atoms with Crippen molar-refractivity contribution < 1.29 is 20.1 Å². The van der Waals surface area contributed by atoms with Gasteiger partial charge < -0.3 is 25.0 Å². The Morgan fingerprint density at radius 2 is 2.04 bits per heavy atom. The molecule has 0 unspecified atom stereocenters. The van der Waals surface area contributed by atoms with E-state index in [2.05, 4.69) is 19.9 Å². The van der Waals surface area contributed by atoms with Gasteiger partial charge in [-0.3, -0.25) is 4.57 Å². The maximum Gasteiger partial charge on any atom is 0.185 e. The van der Waals surface area contributed by atoms with Gasteiger partial charge in [0.05, 0.1) is 12.9 Å². The van der Waals surface area contributed by atoms with Crippen molar-refractivity contribution in [2.24, 2.45) is 4.99 Å². The average Bonchev–Trinajstić information content (AvgIpc) is 3.10. The average molecular weight is 336 g/mol. The Bertz CT molecular complexity index is 761. The summed E-state index contributed by atoms with van der Waals surface area (Å²) in [6.45, 7) is 1.45. The molecule has 1 aliphatic heterocycles. The molecular formula is C14H20N6O4. The lowest BCUT2D eigenvalue weighted by molar-refractivity contribution is -0.0511. The molecule has 3 N–H and O–H groups in total. The van der Waals surface area contributed by atoms with Crippen LogP contribution in [-0.2, 0) is 4.74 Å². The molecule has 130 valence electrons. The highest BCUT2D eigenvalue weighted by Crippen LogP contribution is 2.32. The molecule has 2 aromatic rings.